The van der Waals surface area contributed by atoms with Crippen molar-refractivity contribution in [3.05, 3.63) is 84.1 Å². The average Bonchev–Trinajstić information content (AvgIpc) is 3.46. The first-order chi connectivity index (χ1) is 15.6. The van der Waals surface area contributed by atoms with Gasteiger partial charge in [0.2, 0.25) is 0 Å². The number of hydrogen-bond acceptors (Lipinski definition) is 4. The molecule has 0 aliphatic carbocycles. The van der Waals surface area contributed by atoms with Crippen LogP contribution in [0.4, 0.5) is 0 Å². The summed E-state index contributed by atoms with van der Waals surface area (Å²) in [5, 5.41) is 2.90. The minimum Gasteiger partial charge on any atom is -0.494 e. The highest BCUT2D eigenvalue weighted by molar-refractivity contribution is 5.91. The Balaban J connectivity index is 1.33. The molecule has 0 bridgehead atoms. The molecule has 0 unspecified atom stereocenters. The number of carbonyl (C=O) groups excluding carboxylic acids is 1. The Labute approximate surface area is 188 Å². The second-order valence-corrected chi connectivity index (χ2v) is 8.11. The van der Waals surface area contributed by atoms with E-state index in [0.29, 0.717) is 24.8 Å². The van der Waals surface area contributed by atoms with Gasteiger partial charge in [-0.05, 0) is 60.7 Å². The van der Waals surface area contributed by atoms with E-state index >= 15 is 0 Å². The van der Waals surface area contributed by atoms with Crippen molar-refractivity contribution in [3.8, 4) is 5.75 Å². The summed E-state index contributed by atoms with van der Waals surface area (Å²) in [5.41, 5.74) is 3.31. The van der Waals surface area contributed by atoms with Crippen LogP contribution >= 0.6 is 0 Å². The maximum atomic E-state index is 12.2. The smallest absolute Gasteiger partial charge is 0.287 e. The first kappa shape index (κ1) is 21.7. The molecular formula is C26H29N3O3. The lowest BCUT2D eigenvalue weighted by Gasteiger charge is -2.11. The van der Waals surface area contributed by atoms with Crippen LogP contribution in [0.1, 0.15) is 54.5 Å². The molecule has 0 saturated heterocycles. The van der Waals surface area contributed by atoms with Gasteiger partial charge in [0, 0.05) is 6.54 Å². The second-order valence-electron chi connectivity index (χ2n) is 8.11. The third-order valence-electron chi connectivity index (χ3n) is 5.48. The normalized spacial score (nSPS) is 11.2. The Kier molecular flexibility index (Phi) is 6.90. The lowest BCUT2D eigenvalue weighted by atomic mass is 10.0. The van der Waals surface area contributed by atoms with Crippen LogP contribution in [0.2, 0.25) is 0 Å². The molecule has 1 amide bonds. The van der Waals surface area contributed by atoms with E-state index in [1.165, 1.54) is 11.8 Å². The number of para-hydroxylation sites is 2. The van der Waals surface area contributed by atoms with Crippen molar-refractivity contribution in [2.24, 2.45) is 0 Å². The number of unbranched alkanes of at least 4 members (excludes halogenated alkanes) is 1. The van der Waals surface area contributed by atoms with Crippen LogP contribution in [-0.4, -0.2) is 22.1 Å². The molecule has 6 nitrogen and oxygen atoms in total. The van der Waals surface area contributed by atoms with Gasteiger partial charge in [-0.3, -0.25) is 4.79 Å². The first-order valence-corrected chi connectivity index (χ1v) is 11.1. The van der Waals surface area contributed by atoms with Crippen molar-refractivity contribution in [2.45, 2.75) is 45.7 Å². The van der Waals surface area contributed by atoms with Crippen LogP contribution < -0.4 is 10.1 Å². The van der Waals surface area contributed by atoms with Gasteiger partial charge in [0.25, 0.3) is 5.91 Å². The Morgan fingerprint density at radius 3 is 2.62 bits per heavy atom. The van der Waals surface area contributed by atoms with Crippen molar-refractivity contribution in [1.29, 1.82) is 0 Å². The highest BCUT2D eigenvalue weighted by Crippen LogP contribution is 2.20. The molecule has 4 rings (SSSR count). The van der Waals surface area contributed by atoms with Gasteiger partial charge in [0.1, 0.15) is 11.6 Å². The number of hydrogen-bond donors (Lipinski definition) is 1. The van der Waals surface area contributed by atoms with E-state index in [2.05, 4.69) is 41.9 Å². The van der Waals surface area contributed by atoms with E-state index in [9.17, 15) is 4.79 Å². The minimum atomic E-state index is -0.245. The van der Waals surface area contributed by atoms with E-state index in [-0.39, 0.29) is 5.91 Å². The van der Waals surface area contributed by atoms with Gasteiger partial charge in [-0.25, -0.2) is 4.98 Å². The highest BCUT2D eigenvalue weighted by atomic mass is 16.5. The summed E-state index contributed by atoms with van der Waals surface area (Å²) in [6, 6.07) is 19.7. The van der Waals surface area contributed by atoms with E-state index in [0.717, 1.165) is 42.0 Å². The zero-order valence-electron chi connectivity index (χ0n) is 18.6. The standard InChI is InChI=1S/C26H29N3O3/c1-19(2)20-11-13-21(14-12-20)31-16-6-5-15-29-23-9-4-3-8-22(23)28-25(29)18-27-26(30)24-10-7-17-32-24/h3-4,7-14,17,19H,5-6,15-16,18H2,1-2H3,(H,27,30). The molecular weight excluding hydrogens is 402 g/mol. The number of carbonyl (C=O) groups is 1. The molecule has 32 heavy (non-hydrogen) atoms. The largest absolute Gasteiger partial charge is 0.494 e. The third-order valence-corrected chi connectivity index (χ3v) is 5.48. The number of fused-ring (bicyclic) bond motifs is 1. The van der Waals surface area contributed by atoms with Crippen molar-refractivity contribution >= 4 is 16.9 Å². The Bertz CT molecular complexity index is 1150. The number of benzene rings is 2. The van der Waals surface area contributed by atoms with Crippen LogP contribution in [0.5, 0.6) is 5.75 Å². The molecule has 0 atom stereocenters. The summed E-state index contributed by atoms with van der Waals surface area (Å²) < 4.78 is 13.2. The van der Waals surface area contributed by atoms with Gasteiger partial charge in [0.05, 0.1) is 30.4 Å². The summed E-state index contributed by atoms with van der Waals surface area (Å²) in [6.07, 6.45) is 3.37. The van der Waals surface area contributed by atoms with Crippen molar-refractivity contribution in [3.63, 3.8) is 0 Å². The number of rotatable bonds is 10. The molecule has 0 aliphatic rings. The maximum Gasteiger partial charge on any atom is 0.287 e. The molecule has 0 saturated carbocycles. The van der Waals surface area contributed by atoms with Crippen molar-refractivity contribution < 1.29 is 13.9 Å². The van der Waals surface area contributed by atoms with E-state index in [1.54, 1.807) is 12.1 Å². The maximum absolute atomic E-state index is 12.2. The predicted molar refractivity (Wildman–Crippen MR) is 125 cm³/mol. The number of imidazole rings is 1. The van der Waals surface area contributed by atoms with Crippen LogP contribution in [0, 0.1) is 0 Å². The molecule has 2 aromatic carbocycles. The number of nitrogens with one attached hydrogen (secondary N) is 1. The van der Waals surface area contributed by atoms with Gasteiger partial charge < -0.3 is 19.0 Å². The van der Waals surface area contributed by atoms with Crippen LogP contribution in [0.25, 0.3) is 11.0 Å². The Hall–Kier alpha value is -3.54. The number of aryl methyl sites for hydroxylation is 1. The quantitative estimate of drug-likeness (QED) is 0.335. The van der Waals surface area contributed by atoms with Gasteiger partial charge in [0.15, 0.2) is 5.76 Å². The molecule has 6 heteroatoms. The molecule has 0 fully saturated rings. The first-order valence-electron chi connectivity index (χ1n) is 11.1. The van der Waals surface area contributed by atoms with Gasteiger partial charge in [-0.1, -0.05) is 38.1 Å². The fraction of sp³-hybridized carbons (Fsp3) is 0.308. The zero-order valence-corrected chi connectivity index (χ0v) is 18.6. The molecule has 4 aromatic rings. The van der Waals surface area contributed by atoms with E-state index in [4.69, 9.17) is 14.1 Å². The fourth-order valence-electron chi connectivity index (χ4n) is 3.68. The number of ether oxygens (including phenoxy) is 1. The van der Waals surface area contributed by atoms with Crippen LogP contribution in [0.15, 0.2) is 71.3 Å². The number of amides is 1. The summed E-state index contributed by atoms with van der Waals surface area (Å²) >= 11 is 0. The monoisotopic (exact) mass is 431 g/mol. The average molecular weight is 432 g/mol. The van der Waals surface area contributed by atoms with E-state index < -0.39 is 0 Å². The van der Waals surface area contributed by atoms with E-state index in [1.807, 2.05) is 30.3 Å². The second kappa shape index (κ2) is 10.2. The summed E-state index contributed by atoms with van der Waals surface area (Å²) in [7, 11) is 0. The SMILES string of the molecule is CC(C)c1ccc(OCCCCn2c(CNC(=O)c3ccco3)nc3ccccc32)cc1. The molecule has 166 valence electrons. The van der Waals surface area contributed by atoms with Crippen LogP contribution in [-0.2, 0) is 13.1 Å². The molecule has 2 aromatic heterocycles. The highest BCUT2D eigenvalue weighted by Gasteiger charge is 2.13. The number of aromatic nitrogens is 2. The van der Waals surface area contributed by atoms with Crippen LogP contribution in [0.3, 0.4) is 0 Å². The summed E-state index contributed by atoms with van der Waals surface area (Å²) in [5.74, 6) is 2.31. The number of furan rings is 1. The predicted octanol–water partition coefficient (Wildman–Crippen LogP) is 5.54. The van der Waals surface area contributed by atoms with Gasteiger partial charge in [-0.15, -0.1) is 0 Å². The number of nitrogens with zero attached hydrogens (tertiary/aromatic N) is 2. The van der Waals surface area contributed by atoms with Gasteiger partial charge in [-0.2, -0.15) is 0 Å². The minimum absolute atomic E-state index is 0.245. The Morgan fingerprint density at radius 2 is 1.88 bits per heavy atom. The molecule has 2 heterocycles. The lowest BCUT2D eigenvalue weighted by Crippen LogP contribution is -2.24. The molecule has 0 aliphatic heterocycles. The molecule has 1 N–H and O–H groups in total. The molecule has 0 spiro atoms. The summed E-state index contributed by atoms with van der Waals surface area (Å²) in [4.78, 5) is 17.0. The lowest BCUT2D eigenvalue weighted by molar-refractivity contribution is 0.0921. The van der Waals surface area contributed by atoms with Crippen molar-refractivity contribution in [2.75, 3.05) is 6.61 Å². The van der Waals surface area contributed by atoms with Crippen molar-refractivity contribution in [1.82, 2.24) is 14.9 Å². The fourth-order valence-corrected chi connectivity index (χ4v) is 3.68. The molecule has 0 radical (unpaired) electrons. The zero-order chi connectivity index (χ0) is 22.3. The summed E-state index contributed by atoms with van der Waals surface area (Å²) in [6.45, 7) is 6.19. The topological polar surface area (TPSA) is 69.3 Å². The van der Waals surface area contributed by atoms with Gasteiger partial charge >= 0.3 is 0 Å². The third kappa shape index (κ3) is 5.19. The Morgan fingerprint density at radius 1 is 1.06 bits per heavy atom.